The lowest BCUT2D eigenvalue weighted by Crippen LogP contribution is -2.52. The smallest absolute Gasteiger partial charge is 0.311 e. The van der Waals surface area contributed by atoms with Crippen molar-refractivity contribution in [1.82, 2.24) is 4.90 Å². The van der Waals surface area contributed by atoms with Gasteiger partial charge in [0.1, 0.15) is 0 Å². The summed E-state index contributed by atoms with van der Waals surface area (Å²) in [4.78, 5) is 2.30. The highest BCUT2D eigenvalue weighted by molar-refractivity contribution is 7.85. The minimum atomic E-state index is -3.87. The van der Waals surface area contributed by atoms with Crippen molar-refractivity contribution in [2.75, 3.05) is 25.4 Å². The van der Waals surface area contributed by atoms with Gasteiger partial charge in [-0.05, 0) is 90.3 Å². The maximum absolute atomic E-state index is 10.9. The maximum atomic E-state index is 10.9. The molecule has 0 heterocycles. The van der Waals surface area contributed by atoms with Gasteiger partial charge >= 0.3 is 8.56 Å². The monoisotopic (exact) mass is 485 g/mol. The van der Waals surface area contributed by atoms with E-state index >= 15 is 0 Å². The first-order chi connectivity index (χ1) is 13.1. The van der Waals surface area contributed by atoms with Gasteiger partial charge in [0, 0.05) is 0 Å². The highest BCUT2D eigenvalue weighted by atomic mass is 32.2. The first-order valence-electron chi connectivity index (χ1n) is 11.2. The lowest BCUT2D eigenvalue weighted by Gasteiger charge is -2.39. The third-order valence-electron chi connectivity index (χ3n) is 4.85. The molecular formula is C19H47NO5SSi3. The second kappa shape index (κ2) is 13.1. The second-order valence-electron chi connectivity index (χ2n) is 9.81. The Bertz CT molecular complexity index is 556. The molecule has 0 saturated carbocycles. The fourth-order valence-electron chi connectivity index (χ4n) is 3.91. The van der Waals surface area contributed by atoms with E-state index in [1.165, 1.54) is 18.9 Å². The van der Waals surface area contributed by atoms with Crippen LogP contribution in [0.3, 0.4) is 0 Å². The van der Waals surface area contributed by atoms with Crippen LogP contribution >= 0.6 is 0 Å². The summed E-state index contributed by atoms with van der Waals surface area (Å²) < 4.78 is 44.1. The summed E-state index contributed by atoms with van der Waals surface area (Å²) in [6.45, 7) is 20.5. The highest BCUT2D eigenvalue weighted by Gasteiger charge is 2.39. The average Bonchev–Trinajstić information content (AvgIpc) is 2.49. The minimum Gasteiger partial charge on any atom is -0.437 e. The summed E-state index contributed by atoms with van der Waals surface area (Å²) in [5.41, 5.74) is 0. The van der Waals surface area contributed by atoms with Crippen LogP contribution in [0.15, 0.2) is 0 Å². The molecule has 0 aromatic rings. The zero-order valence-electron chi connectivity index (χ0n) is 20.2. The molecule has 10 heteroatoms. The molecule has 0 bridgehead atoms. The molecular weight excluding hydrogens is 439 g/mol. The topological polar surface area (TPSA) is 76.1 Å². The van der Waals surface area contributed by atoms with E-state index in [0.717, 1.165) is 32.0 Å². The fourth-order valence-corrected chi connectivity index (χ4v) is 18.6. The van der Waals surface area contributed by atoms with E-state index in [-0.39, 0.29) is 5.75 Å². The Morgan fingerprint density at radius 3 is 1.69 bits per heavy atom. The lowest BCUT2D eigenvalue weighted by atomic mass is 10.3. The Balaban J connectivity index is 4.55. The first kappa shape index (κ1) is 29.4. The van der Waals surface area contributed by atoms with Crippen LogP contribution in [0.1, 0.15) is 46.0 Å². The van der Waals surface area contributed by atoms with Crippen molar-refractivity contribution in [2.24, 2.45) is 0 Å². The summed E-state index contributed by atoms with van der Waals surface area (Å²) in [6, 6.07) is 2.27. The van der Waals surface area contributed by atoms with Gasteiger partial charge in [-0.25, -0.2) is 0 Å². The third-order valence-corrected chi connectivity index (χ3v) is 17.1. The van der Waals surface area contributed by atoms with Crippen LogP contribution in [-0.2, 0) is 18.3 Å². The van der Waals surface area contributed by atoms with Crippen LogP contribution in [0.25, 0.3) is 0 Å². The summed E-state index contributed by atoms with van der Waals surface area (Å²) in [6.07, 6.45) is 5.00. The standard InChI is InChI=1S/C19H47NO5SSi3/c1-9-11-18-27(3,4)24-29(7,8)25-28(5,6)19-13-16-20(14-10-2)15-12-17-26(21,22)23/h9-19H2,1-8H3,(H,21,22,23). The van der Waals surface area contributed by atoms with Gasteiger partial charge in [0.05, 0.1) is 5.75 Å². The van der Waals surface area contributed by atoms with E-state index in [1.54, 1.807) is 0 Å². The van der Waals surface area contributed by atoms with Crippen molar-refractivity contribution in [1.29, 1.82) is 0 Å². The second-order valence-corrected chi connectivity index (χ2v) is 23.9. The van der Waals surface area contributed by atoms with Crippen molar-refractivity contribution in [3.8, 4) is 0 Å². The average molecular weight is 486 g/mol. The molecule has 0 atom stereocenters. The van der Waals surface area contributed by atoms with Gasteiger partial charge in [0.15, 0.2) is 16.6 Å². The predicted molar refractivity (Wildman–Crippen MR) is 132 cm³/mol. The molecule has 0 radical (unpaired) electrons. The van der Waals surface area contributed by atoms with Gasteiger partial charge in [0.25, 0.3) is 10.1 Å². The zero-order valence-corrected chi connectivity index (χ0v) is 24.0. The number of hydrogen-bond acceptors (Lipinski definition) is 5. The van der Waals surface area contributed by atoms with Crippen molar-refractivity contribution in [2.45, 2.75) is 97.3 Å². The maximum Gasteiger partial charge on any atom is 0.311 e. The Kier molecular flexibility index (Phi) is 13.3. The van der Waals surface area contributed by atoms with Crippen molar-refractivity contribution >= 4 is 35.3 Å². The molecule has 0 saturated heterocycles. The third kappa shape index (κ3) is 16.8. The SMILES string of the molecule is CCCC[Si](C)(C)O[Si](C)(C)O[Si](C)(C)CCCN(CCC)CCCS(=O)(=O)O. The highest BCUT2D eigenvalue weighted by Crippen LogP contribution is 2.26. The van der Waals surface area contributed by atoms with E-state index in [1.807, 2.05) is 0 Å². The van der Waals surface area contributed by atoms with Crippen LogP contribution in [-0.4, -0.2) is 68.5 Å². The molecule has 6 nitrogen and oxygen atoms in total. The van der Waals surface area contributed by atoms with Crippen molar-refractivity contribution < 1.29 is 21.2 Å². The molecule has 0 fully saturated rings. The summed E-state index contributed by atoms with van der Waals surface area (Å²) >= 11 is 0. The van der Waals surface area contributed by atoms with E-state index in [0.29, 0.717) is 13.0 Å². The summed E-state index contributed by atoms with van der Waals surface area (Å²) in [5.74, 6) is -0.161. The van der Waals surface area contributed by atoms with Crippen LogP contribution in [0.4, 0.5) is 0 Å². The number of nitrogens with zero attached hydrogens (tertiary/aromatic N) is 1. The van der Waals surface area contributed by atoms with Crippen LogP contribution in [0.5, 0.6) is 0 Å². The minimum absolute atomic E-state index is 0.161. The van der Waals surface area contributed by atoms with Crippen LogP contribution in [0.2, 0.25) is 51.4 Å². The van der Waals surface area contributed by atoms with Crippen molar-refractivity contribution in [3.05, 3.63) is 0 Å². The van der Waals surface area contributed by atoms with Gasteiger partial charge in [-0.2, -0.15) is 8.42 Å². The number of rotatable bonds is 17. The Labute approximate surface area is 184 Å². The fraction of sp³-hybridized carbons (Fsp3) is 1.00. The van der Waals surface area contributed by atoms with Crippen molar-refractivity contribution in [3.63, 3.8) is 0 Å². The molecule has 0 aromatic carbocycles. The van der Waals surface area contributed by atoms with Gasteiger partial charge in [-0.15, -0.1) is 0 Å². The van der Waals surface area contributed by atoms with Gasteiger partial charge in [-0.1, -0.05) is 26.7 Å². The molecule has 0 aliphatic heterocycles. The molecule has 1 N–H and O–H groups in total. The van der Waals surface area contributed by atoms with E-state index < -0.39 is 35.3 Å². The molecule has 176 valence electrons. The Morgan fingerprint density at radius 2 is 1.24 bits per heavy atom. The van der Waals surface area contributed by atoms with E-state index in [2.05, 4.69) is 58.0 Å². The van der Waals surface area contributed by atoms with Gasteiger partial charge in [-0.3, -0.25) is 4.55 Å². The number of hydrogen-bond donors (Lipinski definition) is 1. The Morgan fingerprint density at radius 1 is 0.759 bits per heavy atom. The van der Waals surface area contributed by atoms with Crippen LogP contribution < -0.4 is 0 Å². The van der Waals surface area contributed by atoms with Crippen LogP contribution in [0, 0.1) is 0 Å². The normalized spacial score (nSPS) is 14.0. The van der Waals surface area contributed by atoms with E-state index in [4.69, 9.17) is 12.8 Å². The van der Waals surface area contributed by atoms with Gasteiger partial charge < -0.3 is 13.1 Å². The zero-order chi connectivity index (χ0) is 22.8. The molecule has 0 aromatic heterocycles. The molecule has 0 aliphatic carbocycles. The number of unbranched alkanes of at least 4 members (excludes halogenated alkanes) is 1. The Hall–Kier alpha value is 0.441. The summed E-state index contributed by atoms with van der Waals surface area (Å²) in [5, 5.41) is 0. The quantitative estimate of drug-likeness (QED) is 0.222. The van der Waals surface area contributed by atoms with E-state index in [9.17, 15) is 8.42 Å². The lowest BCUT2D eigenvalue weighted by molar-refractivity contribution is 0.273. The predicted octanol–water partition coefficient (Wildman–Crippen LogP) is 5.31. The molecule has 0 spiro atoms. The summed E-state index contributed by atoms with van der Waals surface area (Å²) in [7, 11) is -9.50. The first-order valence-corrected chi connectivity index (χ1v) is 21.8. The molecule has 29 heavy (non-hydrogen) atoms. The largest absolute Gasteiger partial charge is 0.437 e. The molecule has 0 amide bonds. The molecule has 0 aliphatic rings. The van der Waals surface area contributed by atoms with Gasteiger partial charge in [0.2, 0.25) is 0 Å². The molecule has 0 unspecified atom stereocenters. The molecule has 0 rings (SSSR count).